The zero-order chi connectivity index (χ0) is 11.3. The van der Waals surface area contributed by atoms with E-state index in [-0.39, 0.29) is 0 Å². The summed E-state index contributed by atoms with van der Waals surface area (Å²) < 4.78 is 0. The molecule has 0 aromatic heterocycles. The Morgan fingerprint density at radius 3 is 1.87 bits per heavy atom. The molecule has 0 spiro atoms. The second-order valence-electron chi connectivity index (χ2n) is 6.27. The molecular weight excluding hydrogens is 182 g/mol. The lowest BCUT2D eigenvalue weighted by Gasteiger charge is -2.37. The predicted octanol–water partition coefficient (Wildman–Crippen LogP) is 3.93. The standard InChI is InChI=1S/C14H29N/c1-14(2,12-15(3)4)13-10-8-6-5-7-9-11-13/h13H,5-12H2,1-4H3. The number of hydrogen-bond acceptors (Lipinski definition) is 1. The van der Waals surface area contributed by atoms with E-state index in [1.54, 1.807) is 0 Å². The normalized spacial score (nSPS) is 21.4. The molecule has 1 nitrogen and oxygen atoms in total. The van der Waals surface area contributed by atoms with Crippen LogP contribution in [0.5, 0.6) is 0 Å². The fourth-order valence-electron chi connectivity index (χ4n) is 3.18. The second kappa shape index (κ2) is 5.89. The topological polar surface area (TPSA) is 3.24 Å². The Kier molecular flexibility index (Phi) is 5.11. The maximum Gasteiger partial charge on any atom is 0.00292 e. The average molecular weight is 211 g/mol. The molecule has 90 valence electrons. The Labute approximate surface area is 96.2 Å². The lowest BCUT2D eigenvalue weighted by molar-refractivity contribution is 0.126. The summed E-state index contributed by atoms with van der Waals surface area (Å²) in [6.07, 6.45) is 10.2. The van der Waals surface area contributed by atoms with E-state index in [1.165, 1.54) is 51.5 Å². The molecule has 1 aliphatic rings. The largest absolute Gasteiger partial charge is 0.309 e. The van der Waals surface area contributed by atoms with Crippen molar-refractivity contribution in [1.29, 1.82) is 0 Å². The Morgan fingerprint density at radius 1 is 0.933 bits per heavy atom. The van der Waals surface area contributed by atoms with Crippen molar-refractivity contribution in [2.75, 3.05) is 20.6 Å². The monoisotopic (exact) mass is 211 g/mol. The molecule has 0 saturated heterocycles. The third-order valence-electron chi connectivity index (χ3n) is 3.93. The first-order chi connectivity index (χ1) is 7.02. The van der Waals surface area contributed by atoms with Crippen molar-refractivity contribution >= 4 is 0 Å². The third kappa shape index (κ3) is 4.55. The minimum atomic E-state index is 0.501. The molecule has 0 aromatic carbocycles. The van der Waals surface area contributed by atoms with E-state index >= 15 is 0 Å². The summed E-state index contributed by atoms with van der Waals surface area (Å²) in [6, 6.07) is 0. The summed E-state index contributed by atoms with van der Waals surface area (Å²) in [4.78, 5) is 2.35. The van der Waals surface area contributed by atoms with Gasteiger partial charge in [-0.3, -0.25) is 0 Å². The Morgan fingerprint density at radius 2 is 1.40 bits per heavy atom. The van der Waals surface area contributed by atoms with E-state index < -0.39 is 0 Å². The minimum absolute atomic E-state index is 0.501. The van der Waals surface area contributed by atoms with Gasteiger partial charge in [0.05, 0.1) is 0 Å². The van der Waals surface area contributed by atoms with Crippen molar-refractivity contribution in [3.05, 3.63) is 0 Å². The van der Waals surface area contributed by atoms with Crippen LogP contribution in [0.2, 0.25) is 0 Å². The van der Waals surface area contributed by atoms with Crippen molar-refractivity contribution in [3.63, 3.8) is 0 Å². The highest BCUT2D eigenvalue weighted by molar-refractivity contribution is 4.81. The summed E-state index contributed by atoms with van der Waals surface area (Å²) in [6.45, 7) is 6.15. The smallest absolute Gasteiger partial charge is 0.00292 e. The van der Waals surface area contributed by atoms with Gasteiger partial charge in [0.15, 0.2) is 0 Å². The van der Waals surface area contributed by atoms with E-state index in [0.29, 0.717) is 5.41 Å². The van der Waals surface area contributed by atoms with Gasteiger partial charge in [0.25, 0.3) is 0 Å². The summed E-state index contributed by atoms with van der Waals surface area (Å²) in [7, 11) is 4.40. The lowest BCUT2D eigenvalue weighted by atomic mass is 9.72. The quantitative estimate of drug-likeness (QED) is 0.683. The predicted molar refractivity (Wildman–Crippen MR) is 68.1 cm³/mol. The first-order valence-corrected chi connectivity index (χ1v) is 6.67. The molecule has 0 aliphatic heterocycles. The van der Waals surface area contributed by atoms with Gasteiger partial charge in [0.1, 0.15) is 0 Å². The fraction of sp³-hybridized carbons (Fsp3) is 1.00. The van der Waals surface area contributed by atoms with Gasteiger partial charge >= 0.3 is 0 Å². The molecule has 0 atom stereocenters. The van der Waals surface area contributed by atoms with Crippen LogP contribution in [0.3, 0.4) is 0 Å². The van der Waals surface area contributed by atoms with Crippen LogP contribution in [0.25, 0.3) is 0 Å². The highest BCUT2D eigenvalue weighted by atomic mass is 15.1. The molecular formula is C14H29N. The Bertz CT molecular complexity index is 164. The Hall–Kier alpha value is -0.0400. The summed E-state index contributed by atoms with van der Waals surface area (Å²) in [5.74, 6) is 0.945. The van der Waals surface area contributed by atoms with E-state index in [9.17, 15) is 0 Å². The minimum Gasteiger partial charge on any atom is -0.309 e. The SMILES string of the molecule is CN(C)CC(C)(C)C1CCCCCCC1. The molecule has 0 amide bonds. The van der Waals surface area contributed by atoms with Gasteiger partial charge in [-0.15, -0.1) is 0 Å². The number of nitrogens with zero attached hydrogens (tertiary/aromatic N) is 1. The maximum absolute atomic E-state index is 2.46. The molecule has 15 heavy (non-hydrogen) atoms. The lowest BCUT2D eigenvalue weighted by Crippen LogP contribution is -2.35. The van der Waals surface area contributed by atoms with Crippen molar-refractivity contribution in [2.45, 2.75) is 58.8 Å². The molecule has 1 saturated carbocycles. The van der Waals surface area contributed by atoms with Gasteiger partial charge in [0.2, 0.25) is 0 Å². The zero-order valence-electron chi connectivity index (χ0n) is 11.2. The van der Waals surface area contributed by atoms with E-state index in [1.807, 2.05) is 0 Å². The van der Waals surface area contributed by atoms with Crippen molar-refractivity contribution in [1.82, 2.24) is 4.90 Å². The number of hydrogen-bond donors (Lipinski definition) is 0. The third-order valence-corrected chi connectivity index (χ3v) is 3.93. The van der Waals surface area contributed by atoms with Crippen LogP contribution in [-0.2, 0) is 0 Å². The maximum atomic E-state index is 2.46. The molecule has 0 radical (unpaired) electrons. The van der Waals surface area contributed by atoms with Crippen LogP contribution in [0.4, 0.5) is 0 Å². The van der Waals surface area contributed by atoms with Gasteiger partial charge < -0.3 is 4.90 Å². The summed E-state index contributed by atoms with van der Waals surface area (Å²) in [5, 5.41) is 0. The van der Waals surface area contributed by atoms with Crippen LogP contribution in [0, 0.1) is 11.3 Å². The van der Waals surface area contributed by atoms with Gasteiger partial charge in [-0.1, -0.05) is 46.0 Å². The zero-order valence-corrected chi connectivity index (χ0v) is 11.2. The number of rotatable bonds is 3. The van der Waals surface area contributed by atoms with E-state index in [0.717, 1.165) is 5.92 Å². The molecule has 1 aliphatic carbocycles. The van der Waals surface area contributed by atoms with Crippen LogP contribution in [0.1, 0.15) is 58.8 Å². The van der Waals surface area contributed by atoms with Crippen LogP contribution in [-0.4, -0.2) is 25.5 Å². The average Bonchev–Trinajstić information content (AvgIpc) is 1.98. The van der Waals surface area contributed by atoms with Crippen molar-refractivity contribution in [2.24, 2.45) is 11.3 Å². The van der Waals surface area contributed by atoms with Crippen LogP contribution >= 0.6 is 0 Å². The van der Waals surface area contributed by atoms with Crippen molar-refractivity contribution < 1.29 is 0 Å². The molecule has 0 bridgehead atoms. The van der Waals surface area contributed by atoms with Gasteiger partial charge in [0, 0.05) is 6.54 Å². The summed E-state index contributed by atoms with van der Waals surface area (Å²) >= 11 is 0. The summed E-state index contributed by atoms with van der Waals surface area (Å²) in [5.41, 5.74) is 0.501. The molecule has 0 aromatic rings. The van der Waals surface area contributed by atoms with Crippen LogP contribution in [0.15, 0.2) is 0 Å². The van der Waals surface area contributed by atoms with E-state index in [2.05, 4.69) is 32.8 Å². The van der Waals surface area contributed by atoms with Gasteiger partial charge in [-0.2, -0.15) is 0 Å². The highest BCUT2D eigenvalue weighted by Crippen LogP contribution is 2.36. The molecule has 1 rings (SSSR count). The first-order valence-electron chi connectivity index (χ1n) is 6.67. The molecule has 0 unspecified atom stereocenters. The van der Waals surface area contributed by atoms with Crippen molar-refractivity contribution in [3.8, 4) is 0 Å². The Balaban J connectivity index is 2.49. The fourth-order valence-corrected chi connectivity index (χ4v) is 3.18. The van der Waals surface area contributed by atoms with Gasteiger partial charge in [-0.05, 0) is 38.3 Å². The molecule has 0 N–H and O–H groups in total. The molecule has 1 fully saturated rings. The molecule has 0 heterocycles. The van der Waals surface area contributed by atoms with E-state index in [4.69, 9.17) is 0 Å². The second-order valence-corrected chi connectivity index (χ2v) is 6.27. The van der Waals surface area contributed by atoms with Crippen LogP contribution < -0.4 is 0 Å². The first kappa shape index (κ1) is 13.0. The van der Waals surface area contributed by atoms with Gasteiger partial charge in [-0.25, -0.2) is 0 Å². The molecule has 1 heteroatoms. The highest BCUT2D eigenvalue weighted by Gasteiger charge is 2.29.